The average Bonchev–Trinajstić information content (AvgIpc) is 2.70. The smallest absolute Gasteiger partial charge is 0.205 e. The fourth-order valence-corrected chi connectivity index (χ4v) is 2.61. The van der Waals surface area contributed by atoms with E-state index < -0.39 is 0 Å². The van der Waals surface area contributed by atoms with E-state index in [0.29, 0.717) is 5.92 Å². The number of hydrogen-bond donors (Lipinski definition) is 1. The van der Waals surface area contributed by atoms with Crippen LogP contribution in [0.15, 0.2) is 0 Å². The molecule has 2 heterocycles. The van der Waals surface area contributed by atoms with E-state index in [4.69, 9.17) is 0 Å². The van der Waals surface area contributed by atoms with Crippen LogP contribution in [-0.2, 0) is 6.42 Å². The lowest BCUT2D eigenvalue weighted by Gasteiger charge is -2.33. The molecule has 1 N–H and O–H groups in total. The van der Waals surface area contributed by atoms with E-state index in [1.54, 1.807) is 0 Å². The summed E-state index contributed by atoms with van der Waals surface area (Å²) in [6, 6.07) is 0. The molecular weight excluding hydrogens is 210 g/mol. The third kappa shape index (κ3) is 2.29. The minimum absolute atomic E-state index is 0.153. The van der Waals surface area contributed by atoms with E-state index in [1.165, 1.54) is 11.5 Å². The lowest BCUT2D eigenvalue weighted by atomic mass is 9.97. The third-order valence-electron chi connectivity index (χ3n) is 2.90. The first-order valence-electron chi connectivity index (χ1n) is 5.46. The van der Waals surface area contributed by atoms with Gasteiger partial charge in [0, 0.05) is 31.0 Å². The second kappa shape index (κ2) is 4.45. The van der Waals surface area contributed by atoms with Crippen molar-refractivity contribution in [2.45, 2.75) is 32.8 Å². The van der Waals surface area contributed by atoms with Crippen molar-refractivity contribution < 1.29 is 5.11 Å². The van der Waals surface area contributed by atoms with Gasteiger partial charge in [-0.05, 0) is 12.3 Å². The molecule has 0 aromatic carbocycles. The number of aliphatic hydroxyl groups excluding tert-OH is 1. The van der Waals surface area contributed by atoms with Crippen LogP contribution >= 0.6 is 11.5 Å². The van der Waals surface area contributed by atoms with Gasteiger partial charge in [0.2, 0.25) is 5.13 Å². The van der Waals surface area contributed by atoms with E-state index in [1.807, 2.05) is 0 Å². The van der Waals surface area contributed by atoms with Crippen molar-refractivity contribution in [3.63, 3.8) is 0 Å². The Hall–Kier alpha value is -0.680. The van der Waals surface area contributed by atoms with Crippen molar-refractivity contribution in [2.24, 2.45) is 5.92 Å². The number of nitrogens with zero attached hydrogens (tertiary/aromatic N) is 3. The molecule has 1 aromatic rings. The van der Waals surface area contributed by atoms with Crippen molar-refractivity contribution in [1.82, 2.24) is 9.36 Å². The lowest BCUT2D eigenvalue weighted by Crippen LogP contribution is -2.41. The van der Waals surface area contributed by atoms with E-state index in [2.05, 4.69) is 28.1 Å². The van der Waals surface area contributed by atoms with E-state index in [0.717, 1.165) is 36.9 Å². The first kappa shape index (κ1) is 10.8. The van der Waals surface area contributed by atoms with Gasteiger partial charge in [0.1, 0.15) is 5.82 Å². The molecule has 2 unspecified atom stereocenters. The van der Waals surface area contributed by atoms with Gasteiger partial charge in [-0.1, -0.05) is 13.8 Å². The zero-order valence-electron chi connectivity index (χ0n) is 9.18. The molecule has 1 saturated heterocycles. The van der Waals surface area contributed by atoms with Gasteiger partial charge in [0.15, 0.2) is 0 Å². The summed E-state index contributed by atoms with van der Waals surface area (Å²) in [5, 5.41) is 10.6. The van der Waals surface area contributed by atoms with Gasteiger partial charge in [-0.15, -0.1) is 0 Å². The molecule has 1 aliphatic heterocycles. The second-order valence-electron chi connectivity index (χ2n) is 4.13. The molecule has 1 aliphatic rings. The maximum atomic E-state index is 9.63. The molecule has 84 valence electrons. The summed E-state index contributed by atoms with van der Waals surface area (Å²) in [5.74, 6) is 1.25. The summed E-state index contributed by atoms with van der Waals surface area (Å²) >= 11 is 1.47. The van der Waals surface area contributed by atoms with Gasteiger partial charge in [-0.25, -0.2) is 4.98 Å². The largest absolute Gasteiger partial charge is 0.393 e. The Morgan fingerprint density at radius 3 is 3.00 bits per heavy atom. The SMILES string of the molecule is CCc1nsc(N2CCC(O)C(C)C2)n1. The minimum Gasteiger partial charge on any atom is -0.393 e. The van der Waals surface area contributed by atoms with Crippen molar-refractivity contribution in [3.05, 3.63) is 5.82 Å². The van der Waals surface area contributed by atoms with Crippen LogP contribution in [0.2, 0.25) is 0 Å². The maximum absolute atomic E-state index is 9.63. The molecule has 0 amide bonds. The quantitative estimate of drug-likeness (QED) is 0.827. The van der Waals surface area contributed by atoms with E-state index >= 15 is 0 Å². The first-order valence-corrected chi connectivity index (χ1v) is 6.23. The summed E-state index contributed by atoms with van der Waals surface area (Å²) in [4.78, 5) is 6.69. The molecule has 0 radical (unpaired) electrons. The fourth-order valence-electron chi connectivity index (χ4n) is 1.82. The van der Waals surface area contributed by atoms with Crippen LogP contribution in [0.25, 0.3) is 0 Å². The fraction of sp³-hybridized carbons (Fsp3) is 0.800. The highest BCUT2D eigenvalue weighted by molar-refractivity contribution is 7.09. The molecule has 0 spiro atoms. The standard InChI is InChI=1S/C10H17N3OS/c1-3-9-11-10(15-12-9)13-5-4-8(14)7(2)6-13/h7-8,14H,3-6H2,1-2H3. The molecule has 0 bridgehead atoms. The highest BCUT2D eigenvalue weighted by Gasteiger charge is 2.25. The van der Waals surface area contributed by atoms with Crippen molar-refractivity contribution in [1.29, 1.82) is 0 Å². The number of hydrogen-bond acceptors (Lipinski definition) is 5. The summed E-state index contributed by atoms with van der Waals surface area (Å²) in [7, 11) is 0. The first-order chi connectivity index (χ1) is 7.20. The predicted molar refractivity (Wildman–Crippen MR) is 61.3 cm³/mol. The number of rotatable bonds is 2. The molecule has 15 heavy (non-hydrogen) atoms. The Labute approximate surface area is 94.1 Å². The highest BCUT2D eigenvalue weighted by Crippen LogP contribution is 2.24. The molecule has 2 atom stereocenters. The van der Waals surface area contributed by atoms with Crippen LogP contribution < -0.4 is 4.90 Å². The Kier molecular flexibility index (Phi) is 3.21. The third-order valence-corrected chi connectivity index (χ3v) is 3.72. The van der Waals surface area contributed by atoms with Crippen LogP contribution in [-0.4, -0.2) is 33.7 Å². The van der Waals surface area contributed by atoms with Gasteiger partial charge in [0.05, 0.1) is 6.10 Å². The average molecular weight is 227 g/mol. The molecule has 0 saturated carbocycles. The van der Waals surface area contributed by atoms with Gasteiger partial charge >= 0.3 is 0 Å². The Morgan fingerprint density at radius 2 is 2.40 bits per heavy atom. The summed E-state index contributed by atoms with van der Waals surface area (Å²) in [5.41, 5.74) is 0. The second-order valence-corrected chi connectivity index (χ2v) is 4.86. The zero-order chi connectivity index (χ0) is 10.8. The highest BCUT2D eigenvalue weighted by atomic mass is 32.1. The van der Waals surface area contributed by atoms with Crippen LogP contribution in [0, 0.1) is 5.92 Å². The molecule has 1 aromatic heterocycles. The van der Waals surface area contributed by atoms with Crippen molar-refractivity contribution in [2.75, 3.05) is 18.0 Å². The molecule has 5 heteroatoms. The maximum Gasteiger partial charge on any atom is 0.205 e. The van der Waals surface area contributed by atoms with Gasteiger partial charge in [-0.3, -0.25) is 0 Å². The Morgan fingerprint density at radius 1 is 1.60 bits per heavy atom. The normalized spacial score (nSPS) is 27.0. The number of anilines is 1. The van der Waals surface area contributed by atoms with Crippen LogP contribution in [0.5, 0.6) is 0 Å². The molecular formula is C10H17N3OS. The van der Waals surface area contributed by atoms with Crippen LogP contribution in [0.3, 0.4) is 0 Å². The molecule has 1 fully saturated rings. The lowest BCUT2D eigenvalue weighted by molar-refractivity contribution is 0.0971. The van der Waals surface area contributed by atoms with E-state index in [9.17, 15) is 5.11 Å². The molecule has 4 nitrogen and oxygen atoms in total. The predicted octanol–water partition coefficient (Wildman–Crippen LogP) is 1.31. The molecule has 2 rings (SSSR count). The Balaban J connectivity index is 2.05. The van der Waals surface area contributed by atoms with E-state index in [-0.39, 0.29) is 6.10 Å². The number of aliphatic hydroxyl groups is 1. The van der Waals surface area contributed by atoms with Gasteiger partial charge in [-0.2, -0.15) is 4.37 Å². The summed E-state index contributed by atoms with van der Waals surface area (Å²) < 4.78 is 4.28. The number of aryl methyl sites for hydroxylation is 1. The topological polar surface area (TPSA) is 49.2 Å². The monoisotopic (exact) mass is 227 g/mol. The van der Waals surface area contributed by atoms with Gasteiger partial charge < -0.3 is 10.0 Å². The van der Waals surface area contributed by atoms with Gasteiger partial charge in [0.25, 0.3) is 0 Å². The summed E-state index contributed by atoms with van der Waals surface area (Å²) in [6.45, 7) is 5.93. The number of aromatic nitrogens is 2. The summed E-state index contributed by atoms with van der Waals surface area (Å²) in [6.07, 6.45) is 1.57. The van der Waals surface area contributed by atoms with Crippen molar-refractivity contribution in [3.8, 4) is 0 Å². The molecule has 0 aliphatic carbocycles. The minimum atomic E-state index is -0.153. The van der Waals surface area contributed by atoms with Crippen LogP contribution in [0.4, 0.5) is 5.13 Å². The zero-order valence-corrected chi connectivity index (χ0v) is 10.00. The number of piperidine rings is 1. The van der Waals surface area contributed by atoms with Crippen LogP contribution in [0.1, 0.15) is 26.1 Å². The van der Waals surface area contributed by atoms with Crippen molar-refractivity contribution >= 4 is 16.7 Å². The Bertz CT molecular complexity index is 328.